The number of hydrogen-bond acceptors (Lipinski definition) is 1. The van der Waals surface area contributed by atoms with E-state index >= 15 is 0 Å². The summed E-state index contributed by atoms with van der Waals surface area (Å²) >= 11 is 0. The summed E-state index contributed by atoms with van der Waals surface area (Å²) in [5, 5.41) is 0. The Hall–Kier alpha value is -3.32. The van der Waals surface area contributed by atoms with Gasteiger partial charge in [0.15, 0.2) is 0 Å². The Labute approximate surface area is 325 Å². The molecule has 0 aromatic heterocycles. The second-order valence-electron chi connectivity index (χ2n) is 17.0. The molecule has 53 heavy (non-hydrogen) atoms. The predicted molar refractivity (Wildman–Crippen MR) is 233 cm³/mol. The second-order valence-corrected chi connectivity index (χ2v) is 17.0. The molecular weight excluding hydrogens is 639 g/mol. The first-order valence-electron chi connectivity index (χ1n) is 22.2. The van der Waals surface area contributed by atoms with Crippen LogP contribution in [0.15, 0.2) is 78.9 Å². The molecule has 2 aliphatic rings. The van der Waals surface area contributed by atoms with Crippen LogP contribution in [0.3, 0.4) is 0 Å². The van der Waals surface area contributed by atoms with Crippen molar-refractivity contribution in [2.24, 2.45) is 0 Å². The molecule has 0 bridgehead atoms. The number of hydrogen-bond donors (Lipinski definition) is 0. The van der Waals surface area contributed by atoms with Gasteiger partial charge in [-0.25, -0.2) is 0 Å². The van der Waals surface area contributed by atoms with Crippen molar-refractivity contribution in [3.05, 3.63) is 107 Å². The molecule has 0 amide bonds. The van der Waals surface area contributed by atoms with Crippen molar-refractivity contribution < 1.29 is 0 Å². The van der Waals surface area contributed by atoms with Crippen molar-refractivity contribution in [1.82, 2.24) is 0 Å². The first kappa shape index (κ1) is 39.4. The fourth-order valence-electron chi connectivity index (χ4n) is 10.3. The lowest BCUT2D eigenvalue weighted by Gasteiger charge is -2.34. The number of unbranched alkanes of at least 4 members (excludes halogenated alkanes) is 12. The minimum absolute atomic E-state index is 0.0979. The van der Waals surface area contributed by atoms with Crippen molar-refractivity contribution >= 4 is 11.4 Å². The predicted octanol–water partition coefficient (Wildman–Crippen LogP) is 16.2. The summed E-state index contributed by atoms with van der Waals surface area (Å²) in [5.41, 5.74) is 16.5. The molecule has 1 heteroatoms. The van der Waals surface area contributed by atoms with E-state index in [4.69, 9.17) is 0 Å². The highest BCUT2D eigenvalue weighted by molar-refractivity contribution is 5.86. The lowest BCUT2D eigenvalue weighted by Crippen LogP contribution is -2.26. The molecule has 4 aromatic rings. The Bertz CT molecular complexity index is 1750. The van der Waals surface area contributed by atoms with E-state index in [2.05, 4.69) is 125 Å². The first-order valence-corrected chi connectivity index (χ1v) is 22.2. The summed E-state index contributed by atoms with van der Waals surface area (Å²) in [6.45, 7) is 11.6. The molecule has 0 spiro atoms. The molecule has 0 saturated carbocycles. The molecule has 284 valence electrons. The minimum atomic E-state index is 0.0979. The third kappa shape index (κ3) is 8.07. The van der Waals surface area contributed by atoms with Gasteiger partial charge in [-0.05, 0) is 101 Å². The maximum atomic E-state index is 2.62. The number of rotatable bonds is 22. The molecule has 0 saturated heterocycles. The lowest BCUT2D eigenvalue weighted by molar-refractivity contribution is 0.401. The number of nitrogens with zero attached hydrogens (tertiary/aromatic N) is 1. The Morgan fingerprint density at radius 2 is 0.774 bits per heavy atom. The van der Waals surface area contributed by atoms with Gasteiger partial charge in [-0.1, -0.05) is 191 Å². The van der Waals surface area contributed by atoms with Crippen molar-refractivity contribution in [2.75, 3.05) is 11.9 Å². The normalized spacial score (nSPS) is 14.5. The van der Waals surface area contributed by atoms with Crippen molar-refractivity contribution in [1.29, 1.82) is 0 Å². The SMILES string of the molecule is CCCCCCC1(CCCCCC)c2ccccc2-c2ccc(N(C)c3ccc4c(c3)C(CCCCCC)(CCCCCC)c3cc(C)ccc3-4)cc21. The molecule has 0 aliphatic heterocycles. The van der Waals surface area contributed by atoms with E-state index < -0.39 is 0 Å². The summed E-state index contributed by atoms with van der Waals surface area (Å²) in [5.74, 6) is 0. The highest BCUT2D eigenvalue weighted by atomic mass is 15.1. The van der Waals surface area contributed by atoms with Crippen LogP contribution in [0.1, 0.15) is 184 Å². The maximum absolute atomic E-state index is 2.62. The van der Waals surface area contributed by atoms with Crippen LogP contribution in [0, 0.1) is 6.92 Å². The van der Waals surface area contributed by atoms with Gasteiger partial charge in [0.25, 0.3) is 0 Å². The molecule has 0 heterocycles. The Balaban J connectivity index is 1.40. The van der Waals surface area contributed by atoms with Gasteiger partial charge in [0, 0.05) is 29.3 Å². The monoisotopic (exact) mass is 710 g/mol. The summed E-state index contributed by atoms with van der Waals surface area (Å²) in [6.07, 6.45) is 26.1. The van der Waals surface area contributed by atoms with Gasteiger partial charge in [0.1, 0.15) is 0 Å². The third-order valence-corrected chi connectivity index (χ3v) is 13.4. The van der Waals surface area contributed by atoms with E-state index in [0.29, 0.717) is 0 Å². The van der Waals surface area contributed by atoms with E-state index in [9.17, 15) is 0 Å². The van der Waals surface area contributed by atoms with Crippen molar-refractivity contribution in [3.63, 3.8) is 0 Å². The van der Waals surface area contributed by atoms with Gasteiger partial charge in [-0.2, -0.15) is 0 Å². The lowest BCUT2D eigenvalue weighted by atomic mass is 9.70. The molecule has 6 rings (SSSR count). The van der Waals surface area contributed by atoms with Gasteiger partial charge in [0.05, 0.1) is 0 Å². The Kier molecular flexibility index (Phi) is 13.6. The molecule has 4 aromatic carbocycles. The number of aryl methyl sites for hydroxylation is 1. The van der Waals surface area contributed by atoms with Crippen LogP contribution in [0.5, 0.6) is 0 Å². The van der Waals surface area contributed by atoms with E-state index in [1.54, 1.807) is 22.3 Å². The van der Waals surface area contributed by atoms with Crippen LogP contribution in [0.25, 0.3) is 22.3 Å². The average molecular weight is 710 g/mol. The maximum Gasteiger partial charge on any atom is 0.0411 e. The zero-order valence-corrected chi connectivity index (χ0v) is 34.6. The van der Waals surface area contributed by atoms with Crippen LogP contribution in [0.4, 0.5) is 11.4 Å². The van der Waals surface area contributed by atoms with Gasteiger partial charge < -0.3 is 4.90 Å². The molecule has 2 aliphatic carbocycles. The fraction of sp³-hybridized carbons (Fsp3) is 0.538. The largest absolute Gasteiger partial charge is 0.345 e. The molecule has 0 radical (unpaired) electrons. The standard InChI is InChI=1S/C52H71N/c1-7-11-15-21-33-51(34-22-16-12-8-2)47-26-20-19-25-43(47)45-31-28-41(38-49(45)51)53(6)42-29-32-46-44-30-27-40(5)37-48(44)52(50(46)39-42,35-23-17-13-9-3)36-24-18-14-10-4/h19-20,25-32,37-39H,7-18,21-24,33-36H2,1-6H3. The van der Waals surface area contributed by atoms with Gasteiger partial charge in [0.2, 0.25) is 0 Å². The fourth-order valence-corrected chi connectivity index (χ4v) is 10.3. The molecule has 0 fully saturated rings. The highest BCUT2D eigenvalue weighted by Gasteiger charge is 2.44. The van der Waals surface area contributed by atoms with Gasteiger partial charge >= 0.3 is 0 Å². The zero-order chi connectivity index (χ0) is 37.3. The van der Waals surface area contributed by atoms with E-state index in [0.717, 1.165) is 0 Å². The molecule has 0 unspecified atom stereocenters. The number of anilines is 2. The summed E-state index contributed by atoms with van der Waals surface area (Å²) in [4.78, 5) is 2.51. The van der Waals surface area contributed by atoms with Crippen LogP contribution in [0.2, 0.25) is 0 Å². The van der Waals surface area contributed by atoms with Crippen LogP contribution >= 0.6 is 0 Å². The van der Waals surface area contributed by atoms with Crippen LogP contribution < -0.4 is 4.90 Å². The van der Waals surface area contributed by atoms with Crippen molar-refractivity contribution in [2.45, 2.75) is 174 Å². The summed E-state index contributed by atoms with van der Waals surface area (Å²) in [6, 6.07) is 31.8. The topological polar surface area (TPSA) is 3.24 Å². The third-order valence-electron chi connectivity index (χ3n) is 13.4. The first-order chi connectivity index (χ1) is 25.9. The van der Waals surface area contributed by atoms with Crippen molar-refractivity contribution in [3.8, 4) is 22.3 Å². The molecular formula is C52H71N. The quantitative estimate of drug-likeness (QED) is 0.0734. The smallest absolute Gasteiger partial charge is 0.0411 e. The van der Waals surface area contributed by atoms with Gasteiger partial charge in [-0.15, -0.1) is 0 Å². The van der Waals surface area contributed by atoms with Crippen LogP contribution in [-0.2, 0) is 10.8 Å². The number of benzene rings is 4. The van der Waals surface area contributed by atoms with Crippen LogP contribution in [-0.4, -0.2) is 7.05 Å². The summed E-state index contributed by atoms with van der Waals surface area (Å²) < 4.78 is 0. The van der Waals surface area contributed by atoms with E-state index in [-0.39, 0.29) is 10.8 Å². The molecule has 0 N–H and O–H groups in total. The molecule has 1 nitrogen and oxygen atoms in total. The van der Waals surface area contributed by atoms with E-state index in [1.807, 2.05) is 0 Å². The number of fused-ring (bicyclic) bond motifs is 6. The summed E-state index contributed by atoms with van der Waals surface area (Å²) in [7, 11) is 2.33. The van der Waals surface area contributed by atoms with E-state index in [1.165, 1.54) is 168 Å². The Morgan fingerprint density at radius 1 is 0.396 bits per heavy atom. The molecule has 0 atom stereocenters. The zero-order valence-electron chi connectivity index (χ0n) is 34.6. The highest BCUT2D eigenvalue weighted by Crippen LogP contribution is 2.57. The van der Waals surface area contributed by atoms with Gasteiger partial charge in [-0.3, -0.25) is 0 Å². The average Bonchev–Trinajstić information content (AvgIpc) is 3.61. The Morgan fingerprint density at radius 3 is 1.23 bits per heavy atom. The second kappa shape index (κ2) is 18.3. The minimum Gasteiger partial charge on any atom is -0.345 e.